The number of benzene rings is 4. The van der Waals surface area contributed by atoms with Gasteiger partial charge in [0.05, 0.1) is 12.0 Å². The maximum Gasteiger partial charge on any atom is 0.250 e. The molecule has 0 saturated heterocycles. The molecule has 39 heavy (non-hydrogen) atoms. The molecule has 0 radical (unpaired) electrons. The molecule has 5 aromatic rings. The second kappa shape index (κ2) is 11.4. The van der Waals surface area contributed by atoms with E-state index in [4.69, 9.17) is 0 Å². The second-order valence-electron chi connectivity index (χ2n) is 10.1. The highest BCUT2D eigenvalue weighted by Gasteiger charge is 2.24. The quantitative estimate of drug-likeness (QED) is 0.103. The van der Waals surface area contributed by atoms with Crippen LogP contribution in [-0.2, 0) is 4.79 Å². The van der Waals surface area contributed by atoms with Crippen molar-refractivity contribution >= 4 is 45.4 Å². The van der Waals surface area contributed by atoms with Gasteiger partial charge in [-0.25, -0.2) is 5.43 Å². The fourth-order valence-corrected chi connectivity index (χ4v) is 6.26. The third-order valence-corrected chi connectivity index (χ3v) is 8.39. The molecule has 0 atom stereocenters. The van der Waals surface area contributed by atoms with E-state index >= 15 is 0 Å². The molecule has 6 nitrogen and oxygen atoms in total. The van der Waals surface area contributed by atoms with Gasteiger partial charge in [0.15, 0.2) is 11.0 Å². The first-order chi connectivity index (χ1) is 19.2. The number of aryl methyl sites for hydroxylation is 1. The van der Waals surface area contributed by atoms with Crippen molar-refractivity contribution in [3.8, 4) is 11.4 Å². The van der Waals surface area contributed by atoms with E-state index in [0.29, 0.717) is 6.04 Å². The monoisotopic (exact) mass is 533 g/mol. The number of carbonyl (C=O) groups is 1. The Balaban J connectivity index is 1.20. The molecule has 196 valence electrons. The number of fused-ring (bicyclic) bond motifs is 2. The molecule has 1 amide bonds. The van der Waals surface area contributed by atoms with Gasteiger partial charge in [0.1, 0.15) is 0 Å². The van der Waals surface area contributed by atoms with Crippen LogP contribution < -0.4 is 5.43 Å². The Morgan fingerprint density at radius 2 is 1.62 bits per heavy atom. The van der Waals surface area contributed by atoms with Crippen LogP contribution in [0, 0.1) is 6.92 Å². The lowest BCUT2D eigenvalue weighted by Crippen LogP contribution is -2.20. The number of nitrogens with zero attached hydrogens (tertiary/aromatic N) is 4. The van der Waals surface area contributed by atoms with E-state index in [0.717, 1.165) is 56.5 Å². The zero-order valence-electron chi connectivity index (χ0n) is 22.0. The Kier molecular flexibility index (Phi) is 7.41. The number of aromatic nitrogens is 3. The van der Waals surface area contributed by atoms with E-state index < -0.39 is 0 Å². The topological polar surface area (TPSA) is 72.2 Å². The molecule has 1 aliphatic rings. The van der Waals surface area contributed by atoms with Crippen LogP contribution in [0.4, 0.5) is 0 Å². The Bertz CT molecular complexity index is 1600. The molecule has 4 aromatic carbocycles. The van der Waals surface area contributed by atoms with Crippen LogP contribution in [0.25, 0.3) is 32.9 Å². The standard InChI is InChI=1S/C32H31N5OS/c1-22-15-17-23(18-16-22)31-35-36-32(37(31)26-11-3-2-4-12-26)39-21-30(38)34-33-20-29-27-13-7-5-9-24(27)19-25-10-6-8-14-28(25)29/h5-10,13-20,26H,2-4,11-12,21H2,1H3,(H,34,38). The number of nitrogens with one attached hydrogen (secondary N) is 1. The highest BCUT2D eigenvalue weighted by Crippen LogP contribution is 2.35. The molecule has 0 aliphatic heterocycles. The normalized spacial score (nSPS) is 14.4. The summed E-state index contributed by atoms with van der Waals surface area (Å²) in [6, 6.07) is 27.4. The van der Waals surface area contributed by atoms with Crippen LogP contribution in [0.1, 0.15) is 49.3 Å². The van der Waals surface area contributed by atoms with Gasteiger partial charge in [-0.2, -0.15) is 5.10 Å². The summed E-state index contributed by atoms with van der Waals surface area (Å²) < 4.78 is 2.26. The Hall–Kier alpha value is -3.97. The predicted molar refractivity (Wildman–Crippen MR) is 160 cm³/mol. The third-order valence-electron chi connectivity index (χ3n) is 7.44. The van der Waals surface area contributed by atoms with Crippen LogP contribution in [0.3, 0.4) is 0 Å². The van der Waals surface area contributed by atoms with Crippen LogP contribution in [-0.4, -0.2) is 32.6 Å². The first-order valence-corrected chi connectivity index (χ1v) is 14.5. The lowest BCUT2D eigenvalue weighted by Gasteiger charge is -2.25. The Labute approximate surface area is 232 Å². The molecule has 0 bridgehead atoms. The van der Waals surface area contributed by atoms with Gasteiger partial charge in [-0.15, -0.1) is 10.2 Å². The maximum absolute atomic E-state index is 12.8. The summed E-state index contributed by atoms with van der Waals surface area (Å²) >= 11 is 1.42. The molecule has 1 N–H and O–H groups in total. The summed E-state index contributed by atoms with van der Waals surface area (Å²) in [5, 5.41) is 18.7. The van der Waals surface area contributed by atoms with Crippen molar-refractivity contribution in [1.82, 2.24) is 20.2 Å². The summed E-state index contributed by atoms with van der Waals surface area (Å²) in [6.45, 7) is 2.08. The van der Waals surface area contributed by atoms with Crippen LogP contribution in [0.2, 0.25) is 0 Å². The van der Waals surface area contributed by atoms with E-state index in [9.17, 15) is 4.79 Å². The van der Waals surface area contributed by atoms with Crippen molar-refractivity contribution in [3.63, 3.8) is 0 Å². The second-order valence-corrected chi connectivity index (χ2v) is 11.1. The average molecular weight is 534 g/mol. The fourth-order valence-electron chi connectivity index (χ4n) is 5.46. The van der Waals surface area contributed by atoms with Gasteiger partial charge >= 0.3 is 0 Å². The van der Waals surface area contributed by atoms with Gasteiger partial charge in [0.2, 0.25) is 0 Å². The first-order valence-electron chi connectivity index (χ1n) is 13.5. The van der Waals surface area contributed by atoms with Gasteiger partial charge in [0, 0.05) is 17.2 Å². The molecule has 1 heterocycles. The lowest BCUT2D eigenvalue weighted by molar-refractivity contribution is -0.118. The summed E-state index contributed by atoms with van der Waals surface area (Å²) in [5.41, 5.74) is 5.99. The van der Waals surface area contributed by atoms with Crippen LogP contribution in [0.15, 0.2) is 89.1 Å². The lowest BCUT2D eigenvalue weighted by atomic mass is 9.95. The molecule has 6 rings (SSSR count). The molecule has 1 aliphatic carbocycles. The smallest absolute Gasteiger partial charge is 0.250 e. The molecule has 1 saturated carbocycles. The van der Waals surface area contributed by atoms with Gasteiger partial charge in [-0.1, -0.05) is 109 Å². The third kappa shape index (κ3) is 5.45. The Morgan fingerprint density at radius 3 is 2.31 bits per heavy atom. The van der Waals surface area contributed by atoms with E-state index in [1.165, 1.54) is 36.6 Å². The van der Waals surface area contributed by atoms with Gasteiger partial charge < -0.3 is 0 Å². The van der Waals surface area contributed by atoms with E-state index in [2.05, 4.69) is 86.8 Å². The van der Waals surface area contributed by atoms with Crippen LogP contribution in [0.5, 0.6) is 0 Å². The molecular formula is C32H31N5OS. The van der Waals surface area contributed by atoms with Gasteiger partial charge in [0.25, 0.3) is 5.91 Å². The predicted octanol–water partition coefficient (Wildman–Crippen LogP) is 7.31. The molecule has 1 fully saturated rings. The number of rotatable bonds is 7. The van der Waals surface area contributed by atoms with E-state index in [-0.39, 0.29) is 11.7 Å². The fraction of sp³-hybridized carbons (Fsp3) is 0.250. The maximum atomic E-state index is 12.8. The van der Waals surface area contributed by atoms with E-state index in [1.54, 1.807) is 6.21 Å². The Morgan fingerprint density at radius 1 is 0.949 bits per heavy atom. The number of hydrogen-bond acceptors (Lipinski definition) is 5. The van der Waals surface area contributed by atoms with Crippen molar-refractivity contribution in [2.24, 2.45) is 5.10 Å². The molecule has 1 aromatic heterocycles. The summed E-state index contributed by atoms with van der Waals surface area (Å²) in [4.78, 5) is 12.8. The minimum atomic E-state index is -0.170. The van der Waals surface area contributed by atoms with Crippen molar-refractivity contribution in [1.29, 1.82) is 0 Å². The summed E-state index contributed by atoms with van der Waals surface area (Å²) in [7, 11) is 0. The molecule has 7 heteroatoms. The average Bonchev–Trinajstić information content (AvgIpc) is 3.40. The van der Waals surface area contributed by atoms with Crippen molar-refractivity contribution in [3.05, 3.63) is 90.0 Å². The minimum Gasteiger partial charge on any atom is -0.299 e. The van der Waals surface area contributed by atoms with E-state index in [1.807, 2.05) is 24.3 Å². The van der Waals surface area contributed by atoms with Crippen molar-refractivity contribution in [2.45, 2.75) is 50.2 Å². The highest BCUT2D eigenvalue weighted by molar-refractivity contribution is 7.99. The minimum absolute atomic E-state index is 0.170. The largest absolute Gasteiger partial charge is 0.299 e. The molecule has 0 spiro atoms. The summed E-state index contributed by atoms with van der Waals surface area (Å²) in [5.74, 6) is 0.924. The number of hydrazone groups is 1. The number of hydrogen-bond donors (Lipinski definition) is 1. The van der Waals surface area contributed by atoms with Gasteiger partial charge in [-0.3, -0.25) is 9.36 Å². The SMILES string of the molecule is Cc1ccc(-c2nnc(SCC(=O)NN=Cc3c4ccccc4cc4ccccc34)n2C2CCCCC2)cc1. The van der Waals surface area contributed by atoms with Crippen LogP contribution >= 0.6 is 11.8 Å². The number of amides is 1. The van der Waals surface area contributed by atoms with Crippen molar-refractivity contribution in [2.75, 3.05) is 5.75 Å². The van der Waals surface area contributed by atoms with Crippen molar-refractivity contribution < 1.29 is 4.79 Å². The van der Waals surface area contributed by atoms with Gasteiger partial charge in [-0.05, 0) is 47.4 Å². The number of thioether (sulfide) groups is 1. The highest BCUT2D eigenvalue weighted by atomic mass is 32.2. The first kappa shape index (κ1) is 25.3. The molecule has 0 unspecified atom stereocenters. The zero-order chi connectivity index (χ0) is 26.6. The zero-order valence-corrected chi connectivity index (χ0v) is 22.8. The molecular weight excluding hydrogens is 502 g/mol. The summed E-state index contributed by atoms with van der Waals surface area (Å²) in [6.07, 6.45) is 7.66. The number of carbonyl (C=O) groups excluding carboxylic acids is 1.